The molecule has 1 fully saturated rings. The zero-order chi connectivity index (χ0) is 16.8. The molecule has 0 bridgehead atoms. The first-order chi connectivity index (χ1) is 11.7. The highest BCUT2D eigenvalue weighted by atomic mass is 79.9. The summed E-state index contributed by atoms with van der Waals surface area (Å²) in [5.74, 6) is 0.487. The minimum absolute atomic E-state index is 0.233. The molecule has 126 valence electrons. The maximum absolute atomic E-state index is 12.4. The van der Waals surface area contributed by atoms with Gasteiger partial charge in [0.05, 0.1) is 0 Å². The molecule has 0 unspecified atom stereocenters. The monoisotopic (exact) mass is 388 g/mol. The van der Waals surface area contributed by atoms with Crippen LogP contribution in [0.3, 0.4) is 0 Å². The lowest BCUT2D eigenvalue weighted by Gasteiger charge is -2.17. The molecule has 1 aromatic heterocycles. The molecule has 2 N–H and O–H groups in total. The van der Waals surface area contributed by atoms with E-state index >= 15 is 0 Å². The Labute approximate surface area is 150 Å². The van der Waals surface area contributed by atoms with Crippen molar-refractivity contribution in [2.24, 2.45) is 0 Å². The van der Waals surface area contributed by atoms with Crippen molar-refractivity contribution in [1.82, 2.24) is 9.97 Å². The Kier molecular flexibility index (Phi) is 5.80. The number of anilines is 2. The fraction of sp³-hybridized carbons (Fsp3) is 0.389. The summed E-state index contributed by atoms with van der Waals surface area (Å²) in [7, 11) is 0. The average molecular weight is 389 g/mol. The van der Waals surface area contributed by atoms with Gasteiger partial charge in [0, 0.05) is 22.3 Å². The Balaban J connectivity index is 1.65. The number of benzene rings is 1. The molecule has 3 rings (SSSR count). The molecule has 1 saturated carbocycles. The lowest BCUT2D eigenvalue weighted by Crippen LogP contribution is -2.20. The molecule has 24 heavy (non-hydrogen) atoms. The predicted molar refractivity (Wildman–Crippen MR) is 99.2 cm³/mol. The average Bonchev–Trinajstić information content (AvgIpc) is 2.86. The summed E-state index contributed by atoms with van der Waals surface area (Å²) in [6, 6.07) is 9.61. The van der Waals surface area contributed by atoms with Gasteiger partial charge in [-0.15, -0.1) is 0 Å². The number of rotatable bonds is 4. The van der Waals surface area contributed by atoms with Crippen LogP contribution in [-0.2, 0) is 0 Å². The number of carbonyl (C=O) groups is 1. The van der Waals surface area contributed by atoms with Crippen LogP contribution in [0.15, 0.2) is 41.1 Å². The van der Waals surface area contributed by atoms with Crippen molar-refractivity contribution >= 4 is 33.3 Å². The first-order valence-electron chi connectivity index (χ1n) is 8.36. The zero-order valence-electron chi connectivity index (χ0n) is 13.5. The smallest absolute Gasteiger partial charge is 0.274 e. The van der Waals surface area contributed by atoms with E-state index in [9.17, 15) is 4.79 Å². The van der Waals surface area contributed by atoms with Crippen molar-refractivity contribution in [2.45, 2.75) is 44.6 Å². The zero-order valence-corrected chi connectivity index (χ0v) is 15.1. The third-order valence-electron chi connectivity index (χ3n) is 4.21. The van der Waals surface area contributed by atoms with Gasteiger partial charge < -0.3 is 10.6 Å². The van der Waals surface area contributed by atoms with Crippen molar-refractivity contribution in [3.8, 4) is 0 Å². The van der Waals surface area contributed by atoms with Gasteiger partial charge in [-0.25, -0.2) is 9.97 Å². The van der Waals surface area contributed by atoms with Gasteiger partial charge in [-0.3, -0.25) is 4.79 Å². The van der Waals surface area contributed by atoms with Gasteiger partial charge in [0.15, 0.2) is 0 Å². The maximum Gasteiger partial charge on any atom is 0.274 e. The summed E-state index contributed by atoms with van der Waals surface area (Å²) >= 11 is 3.38. The van der Waals surface area contributed by atoms with E-state index in [-0.39, 0.29) is 5.91 Å². The summed E-state index contributed by atoms with van der Waals surface area (Å²) in [6.07, 6.45) is 8.87. The Bertz CT molecular complexity index is 682. The van der Waals surface area contributed by atoms with E-state index in [1.165, 1.54) is 32.0 Å². The Morgan fingerprint density at radius 1 is 1.04 bits per heavy atom. The highest BCUT2D eigenvalue weighted by molar-refractivity contribution is 9.10. The van der Waals surface area contributed by atoms with Crippen LogP contribution in [0, 0.1) is 0 Å². The van der Waals surface area contributed by atoms with E-state index in [4.69, 9.17) is 0 Å². The van der Waals surface area contributed by atoms with Crippen LogP contribution in [-0.4, -0.2) is 21.9 Å². The predicted octanol–water partition coefficient (Wildman–Crippen LogP) is 4.63. The molecule has 2 aromatic rings. The first-order valence-corrected chi connectivity index (χ1v) is 9.15. The highest BCUT2D eigenvalue weighted by Gasteiger charge is 2.14. The van der Waals surface area contributed by atoms with Gasteiger partial charge in [-0.1, -0.05) is 41.6 Å². The van der Waals surface area contributed by atoms with E-state index in [2.05, 4.69) is 36.5 Å². The molecule has 0 saturated heterocycles. The number of hydrogen-bond donors (Lipinski definition) is 2. The van der Waals surface area contributed by atoms with Crippen molar-refractivity contribution in [2.75, 3.05) is 10.6 Å². The van der Waals surface area contributed by atoms with Crippen LogP contribution in [0.2, 0.25) is 0 Å². The Hall–Kier alpha value is -1.95. The molecule has 1 aromatic carbocycles. The molecular formula is C18H21BrN4O. The van der Waals surface area contributed by atoms with E-state index in [0.717, 1.165) is 28.8 Å². The highest BCUT2D eigenvalue weighted by Crippen LogP contribution is 2.20. The van der Waals surface area contributed by atoms with E-state index in [1.54, 1.807) is 6.07 Å². The second-order valence-corrected chi connectivity index (χ2v) is 7.00. The molecule has 6 heteroatoms. The van der Waals surface area contributed by atoms with Gasteiger partial charge in [0.25, 0.3) is 5.91 Å². The number of aromatic nitrogens is 2. The molecule has 1 aliphatic carbocycles. The van der Waals surface area contributed by atoms with Gasteiger partial charge >= 0.3 is 0 Å². The van der Waals surface area contributed by atoms with Gasteiger partial charge in [0.1, 0.15) is 17.8 Å². The number of nitrogens with one attached hydrogen (secondary N) is 2. The first kappa shape index (κ1) is 16.9. The summed E-state index contributed by atoms with van der Waals surface area (Å²) in [6.45, 7) is 0. The van der Waals surface area contributed by atoms with E-state index in [1.807, 2.05) is 24.3 Å². The van der Waals surface area contributed by atoms with Crippen molar-refractivity contribution in [1.29, 1.82) is 0 Å². The number of amides is 1. The third-order valence-corrected chi connectivity index (χ3v) is 4.74. The van der Waals surface area contributed by atoms with Gasteiger partial charge in [-0.05, 0) is 37.1 Å². The minimum Gasteiger partial charge on any atom is -0.367 e. The molecule has 0 radical (unpaired) electrons. The summed E-state index contributed by atoms with van der Waals surface area (Å²) < 4.78 is 0.970. The normalized spacial score (nSPS) is 15.5. The number of halogens is 1. The molecule has 0 atom stereocenters. The maximum atomic E-state index is 12.4. The molecule has 1 amide bonds. The fourth-order valence-electron chi connectivity index (χ4n) is 2.92. The summed E-state index contributed by atoms with van der Waals surface area (Å²) in [4.78, 5) is 20.7. The second-order valence-electron chi connectivity index (χ2n) is 6.08. The number of hydrogen-bond acceptors (Lipinski definition) is 4. The van der Waals surface area contributed by atoms with Crippen LogP contribution >= 0.6 is 15.9 Å². The van der Waals surface area contributed by atoms with Crippen LogP contribution in [0.5, 0.6) is 0 Å². The molecule has 0 spiro atoms. The third kappa shape index (κ3) is 4.77. The van der Waals surface area contributed by atoms with Crippen LogP contribution in [0.1, 0.15) is 49.0 Å². The summed E-state index contributed by atoms with van der Waals surface area (Å²) in [5, 5.41) is 6.30. The quantitative estimate of drug-likeness (QED) is 0.749. The molecular weight excluding hydrogens is 368 g/mol. The lowest BCUT2D eigenvalue weighted by molar-refractivity contribution is 0.102. The van der Waals surface area contributed by atoms with E-state index in [0.29, 0.717) is 11.7 Å². The SMILES string of the molecule is O=C(Nc1ccc(Br)cc1)c1cc(NC2CCCCCC2)ncn1. The van der Waals surface area contributed by atoms with Crippen molar-refractivity contribution in [3.05, 3.63) is 46.8 Å². The molecule has 5 nitrogen and oxygen atoms in total. The van der Waals surface area contributed by atoms with Crippen molar-refractivity contribution in [3.63, 3.8) is 0 Å². The minimum atomic E-state index is -0.233. The van der Waals surface area contributed by atoms with Crippen LogP contribution in [0.25, 0.3) is 0 Å². The molecule has 0 aliphatic heterocycles. The van der Waals surface area contributed by atoms with Gasteiger partial charge in [-0.2, -0.15) is 0 Å². The topological polar surface area (TPSA) is 66.9 Å². The fourth-order valence-corrected chi connectivity index (χ4v) is 3.19. The molecule has 1 heterocycles. The van der Waals surface area contributed by atoms with E-state index < -0.39 is 0 Å². The lowest BCUT2D eigenvalue weighted by atomic mass is 10.1. The molecule has 1 aliphatic rings. The van der Waals surface area contributed by atoms with Gasteiger partial charge in [0.2, 0.25) is 0 Å². The largest absolute Gasteiger partial charge is 0.367 e. The number of nitrogens with zero attached hydrogens (tertiary/aromatic N) is 2. The van der Waals surface area contributed by atoms with Crippen LogP contribution < -0.4 is 10.6 Å². The van der Waals surface area contributed by atoms with Crippen LogP contribution in [0.4, 0.5) is 11.5 Å². The van der Waals surface area contributed by atoms with Crippen molar-refractivity contribution < 1.29 is 4.79 Å². The number of carbonyl (C=O) groups excluding carboxylic acids is 1. The Morgan fingerprint density at radius 2 is 1.75 bits per heavy atom. The second kappa shape index (κ2) is 8.24. The summed E-state index contributed by atoms with van der Waals surface area (Å²) in [5.41, 5.74) is 1.10. The Morgan fingerprint density at radius 3 is 2.46 bits per heavy atom. The standard InChI is InChI=1S/C18H21BrN4O/c19-13-7-9-15(10-8-13)23-18(24)16-11-17(21-12-20-16)22-14-5-3-1-2-4-6-14/h7-12,14H,1-6H2,(H,23,24)(H,20,21,22).